The van der Waals surface area contributed by atoms with Gasteiger partial charge in [-0.25, -0.2) is 4.39 Å². The first-order chi connectivity index (χ1) is 10.1. The molecule has 0 aromatic heterocycles. The number of aliphatic hydroxyl groups excluding tert-OH is 1. The second-order valence-corrected chi connectivity index (χ2v) is 7.39. The molecule has 0 radical (unpaired) electrons. The average Bonchev–Trinajstić information content (AvgIpc) is 2.91. The summed E-state index contributed by atoms with van der Waals surface area (Å²) in [4.78, 5) is 0. The van der Waals surface area contributed by atoms with Crippen LogP contribution in [0.1, 0.15) is 69.5 Å². The number of fused-ring (bicyclic) bond motifs is 1. The first-order valence-electron chi connectivity index (χ1n) is 8.27. The third-order valence-electron chi connectivity index (χ3n) is 6.11. The van der Waals surface area contributed by atoms with E-state index >= 15 is 0 Å². The molecule has 0 saturated heterocycles. The van der Waals surface area contributed by atoms with Crippen LogP contribution in [0.2, 0.25) is 0 Å². The van der Waals surface area contributed by atoms with E-state index in [4.69, 9.17) is 4.74 Å². The van der Waals surface area contributed by atoms with Crippen LogP contribution in [0.3, 0.4) is 0 Å². The third-order valence-corrected chi connectivity index (χ3v) is 6.11. The van der Waals surface area contributed by atoms with Crippen molar-refractivity contribution in [1.82, 2.24) is 0 Å². The van der Waals surface area contributed by atoms with E-state index in [1.165, 1.54) is 50.7 Å². The van der Waals surface area contributed by atoms with Crippen LogP contribution >= 0.6 is 0 Å². The van der Waals surface area contributed by atoms with Crippen LogP contribution in [-0.2, 0) is 0 Å². The lowest BCUT2D eigenvalue weighted by Gasteiger charge is -2.48. The summed E-state index contributed by atoms with van der Waals surface area (Å²) in [6.45, 7) is 0. The lowest BCUT2D eigenvalue weighted by atomic mass is 9.65. The van der Waals surface area contributed by atoms with Crippen molar-refractivity contribution >= 4 is 0 Å². The standard InChI is InChI=1S/C18H23FO2/c19-13-3-4-14-15(20)12-18(21-16(14)11-13)9-7-17(8-10-18)5-1-2-6-17/h3-4,11,15,20H,1-2,5-10,12H2/t15-/m0/s1. The Hall–Kier alpha value is -1.09. The number of aliphatic hydroxyl groups is 1. The molecule has 1 aromatic rings. The van der Waals surface area contributed by atoms with Crippen molar-refractivity contribution in [3.8, 4) is 5.75 Å². The summed E-state index contributed by atoms with van der Waals surface area (Å²) in [5.41, 5.74) is 1.01. The molecule has 3 aliphatic rings. The Labute approximate surface area is 125 Å². The lowest BCUT2D eigenvalue weighted by Crippen LogP contribution is -2.46. The van der Waals surface area contributed by atoms with E-state index < -0.39 is 6.10 Å². The van der Waals surface area contributed by atoms with Crippen molar-refractivity contribution < 1.29 is 14.2 Å². The van der Waals surface area contributed by atoms with E-state index in [0.29, 0.717) is 17.6 Å². The van der Waals surface area contributed by atoms with Gasteiger partial charge in [0.05, 0.1) is 6.10 Å². The highest BCUT2D eigenvalue weighted by Crippen LogP contribution is 2.55. The predicted octanol–water partition coefficient (Wildman–Crippen LogP) is 4.51. The van der Waals surface area contributed by atoms with Gasteiger partial charge in [0.25, 0.3) is 0 Å². The normalized spacial score (nSPS) is 29.3. The second-order valence-electron chi connectivity index (χ2n) is 7.39. The maximum atomic E-state index is 13.5. The maximum Gasteiger partial charge on any atom is 0.128 e. The van der Waals surface area contributed by atoms with Gasteiger partial charge in [-0.2, -0.15) is 0 Å². The fourth-order valence-corrected chi connectivity index (χ4v) is 4.78. The largest absolute Gasteiger partial charge is 0.487 e. The molecule has 0 amide bonds. The van der Waals surface area contributed by atoms with Gasteiger partial charge >= 0.3 is 0 Å². The third kappa shape index (κ3) is 2.26. The van der Waals surface area contributed by atoms with Gasteiger partial charge in [-0.15, -0.1) is 0 Å². The van der Waals surface area contributed by atoms with Gasteiger partial charge in [0.1, 0.15) is 17.2 Å². The Bertz CT molecular complexity index is 538. The fraction of sp³-hybridized carbons (Fsp3) is 0.667. The molecule has 2 nitrogen and oxygen atoms in total. The van der Waals surface area contributed by atoms with Crippen LogP contribution in [0.25, 0.3) is 0 Å². The van der Waals surface area contributed by atoms with Crippen LogP contribution in [-0.4, -0.2) is 10.7 Å². The molecule has 2 spiro atoms. The zero-order chi connectivity index (χ0) is 14.5. The fourth-order valence-electron chi connectivity index (χ4n) is 4.78. The Morgan fingerprint density at radius 3 is 2.48 bits per heavy atom. The molecule has 3 heteroatoms. The van der Waals surface area contributed by atoms with Crippen LogP contribution in [0.5, 0.6) is 5.75 Å². The van der Waals surface area contributed by atoms with Gasteiger partial charge in [-0.1, -0.05) is 12.8 Å². The SMILES string of the molecule is O[C@H]1CC2(CCC3(CCCC3)CC2)Oc2cc(F)ccc21. The van der Waals surface area contributed by atoms with Gasteiger partial charge in [0, 0.05) is 18.1 Å². The topological polar surface area (TPSA) is 29.5 Å². The second kappa shape index (κ2) is 4.70. The van der Waals surface area contributed by atoms with Gasteiger partial charge in [0.2, 0.25) is 0 Å². The number of ether oxygens (including phenoxy) is 1. The highest BCUT2D eigenvalue weighted by Gasteiger charge is 2.48. The van der Waals surface area contributed by atoms with Crippen LogP contribution in [0.4, 0.5) is 4.39 Å². The summed E-state index contributed by atoms with van der Waals surface area (Å²) >= 11 is 0. The highest BCUT2D eigenvalue weighted by molar-refractivity contribution is 5.38. The van der Waals surface area contributed by atoms with Gasteiger partial charge in [0.15, 0.2) is 0 Å². The molecule has 21 heavy (non-hydrogen) atoms. The number of halogens is 1. The Morgan fingerprint density at radius 1 is 1.05 bits per heavy atom. The van der Waals surface area contributed by atoms with Crippen LogP contribution < -0.4 is 4.74 Å². The molecule has 1 aromatic carbocycles. The molecular formula is C18H23FO2. The van der Waals surface area contributed by atoms with E-state index in [0.717, 1.165) is 18.4 Å². The quantitative estimate of drug-likeness (QED) is 0.761. The van der Waals surface area contributed by atoms with E-state index in [1.54, 1.807) is 6.07 Å². The summed E-state index contributed by atoms with van der Waals surface area (Å²) in [7, 11) is 0. The molecule has 2 saturated carbocycles. The van der Waals surface area contributed by atoms with E-state index in [9.17, 15) is 9.50 Å². The minimum Gasteiger partial charge on any atom is -0.487 e. The minimum absolute atomic E-state index is 0.270. The molecule has 0 unspecified atom stereocenters. The summed E-state index contributed by atoms with van der Waals surface area (Å²) in [5, 5.41) is 10.4. The van der Waals surface area contributed by atoms with Crippen molar-refractivity contribution in [1.29, 1.82) is 0 Å². The molecule has 1 heterocycles. The Kier molecular flexibility index (Phi) is 3.04. The smallest absolute Gasteiger partial charge is 0.128 e. The summed E-state index contributed by atoms with van der Waals surface area (Å²) in [6, 6.07) is 4.49. The molecule has 1 N–H and O–H groups in total. The molecule has 1 atom stereocenters. The number of hydrogen-bond donors (Lipinski definition) is 1. The maximum absolute atomic E-state index is 13.5. The van der Waals surface area contributed by atoms with Crippen LogP contribution in [0.15, 0.2) is 18.2 Å². The van der Waals surface area contributed by atoms with E-state index in [-0.39, 0.29) is 11.4 Å². The van der Waals surface area contributed by atoms with Gasteiger partial charge < -0.3 is 9.84 Å². The highest BCUT2D eigenvalue weighted by atomic mass is 19.1. The molecule has 1 aliphatic heterocycles. The molecule has 2 aliphatic carbocycles. The van der Waals surface area contributed by atoms with E-state index in [1.807, 2.05) is 0 Å². The van der Waals surface area contributed by atoms with Crippen molar-refractivity contribution in [3.63, 3.8) is 0 Å². The molecule has 4 rings (SSSR count). The first-order valence-corrected chi connectivity index (χ1v) is 8.27. The average molecular weight is 290 g/mol. The van der Waals surface area contributed by atoms with Crippen molar-refractivity contribution in [2.24, 2.45) is 5.41 Å². The summed E-state index contributed by atoms with van der Waals surface area (Å²) in [6.07, 6.45) is 9.98. The van der Waals surface area contributed by atoms with Gasteiger partial charge in [-0.3, -0.25) is 0 Å². The minimum atomic E-state index is -0.521. The summed E-state index contributed by atoms with van der Waals surface area (Å²) < 4.78 is 19.7. The Morgan fingerprint density at radius 2 is 1.76 bits per heavy atom. The predicted molar refractivity (Wildman–Crippen MR) is 78.7 cm³/mol. The number of rotatable bonds is 0. The monoisotopic (exact) mass is 290 g/mol. The van der Waals surface area contributed by atoms with Crippen LogP contribution in [0, 0.1) is 11.2 Å². The van der Waals surface area contributed by atoms with Crippen molar-refractivity contribution in [2.75, 3.05) is 0 Å². The van der Waals surface area contributed by atoms with Crippen molar-refractivity contribution in [2.45, 2.75) is 69.5 Å². The molecule has 114 valence electrons. The zero-order valence-corrected chi connectivity index (χ0v) is 12.4. The lowest BCUT2D eigenvalue weighted by molar-refractivity contribution is -0.0624. The van der Waals surface area contributed by atoms with Crippen molar-refractivity contribution in [3.05, 3.63) is 29.6 Å². The van der Waals surface area contributed by atoms with Gasteiger partial charge in [-0.05, 0) is 56.1 Å². The first kappa shape index (κ1) is 13.6. The van der Waals surface area contributed by atoms with E-state index in [2.05, 4.69) is 0 Å². The zero-order valence-electron chi connectivity index (χ0n) is 12.4. The molecule has 0 bridgehead atoms. The Balaban J connectivity index is 1.57. The molecular weight excluding hydrogens is 267 g/mol. The number of benzene rings is 1. The summed E-state index contributed by atoms with van der Waals surface area (Å²) in [5.74, 6) is 0.261. The number of hydrogen-bond acceptors (Lipinski definition) is 2. The molecule has 2 fully saturated rings.